The van der Waals surface area contributed by atoms with Crippen LogP contribution < -0.4 is 20.1 Å². The topological polar surface area (TPSA) is 68.8 Å². The van der Waals surface area contributed by atoms with Crippen LogP contribution >= 0.6 is 12.2 Å². The van der Waals surface area contributed by atoms with Crippen LogP contribution in [-0.4, -0.2) is 31.4 Å². The number of hydrogen-bond acceptors (Lipinski definition) is 5. The summed E-state index contributed by atoms with van der Waals surface area (Å²) in [6.07, 6.45) is 0. The first-order valence-electron chi connectivity index (χ1n) is 7.78. The molecule has 0 aromatic heterocycles. The number of nitrogens with one attached hydrogen (secondary N) is 2. The van der Waals surface area contributed by atoms with Gasteiger partial charge in [0.15, 0.2) is 16.6 Å². The lowest BCUT2D eigenvalue weighted by Gasteiger charge is -2.31. The standard InChI is InChI=1S/C17H22N2O4S/c1-5-22-15-11(8-7-9-12(15)21-4)14-13(16(20)23-6-2)10(3)18-17(24)19-14/h7-9,14H,5-6H2,1-4H3,(H2,18,19,24)/t14-/m1/s1. The van der Waals surface area contributed by atoms with Crippen LogP contribution in [0.3, 0.4) is 0 Å². The highest BCUT2D eigenvalue weighted by molar-refractivity contribution is 7.80. The van der Waals surface area contributed by atoms with Gasteiger partial charge in [-0.25, -0.2) is 4.79 Å². The molecule has 0 fully saturated rings. The number of carbonyl (C=O) groups excluding carboxylic acids is 1. The molecule has 0 unspecified atom stereocenters. The fourth-order valence-corrected chi connectivity index (χ4v) is 2.90. The summed E-state index contributed by atoms with van der Waals surface area (Å²) < 4.78 is 16.4. The van der Waals surface area contributed by atoms with Crippen LogP contribution in [0.15, 0.2) is 29.5 Å². The van der Waals surface area contributed by atoms with Crippen molar-refractivity contribution < 1.29 is 19.0 Å². The van der Waals surface area contributed by atoms with Crippen LogP contribution in [0.4, 0.5) is 0 Å². The van der Waals surface area contributed by atoms with Crippen LogP contribution in [0.5, 0.6) is 11.5 Å². The van der Waals surface area contributed by atoms with Gasteiger partial charge in [0.05, 0.1) is 31.9 Å². The maximum absolute atomic E-state index is 12.4. The van der Waals surface area contributed by atoms with Crippen LogP contribution in [0.2, 0.25) is 0 Å². The number of ether oxygens (including phenoxy) is 3. The molecular formula is C17H22N2O4S. The molecule has 1 aliphatic heterocycles. The van der Waals surface area contributed by atoms with Crippen molar-refractivity contribution in [2.24, 2.45) is 0 Å². The number of rotatable bonds is 6. The highest BCUT2D eigenvalue weighted by Crippen LogP contribution is 2.39. The summed E-state index contributed by atoms with van der Waals surface area (Å²) in [4.78, 5) is 12.4. The number of para-hydroxylation sites is 1. The predicted molar refractivity (Wildman–Crippen MR) is 95.1 cm³/mol. The van der Waals surface area contributed by atoms with Crippen molar-refractivity contribution in [1.29, 1.82) is 0 Å². The largest absolute Gasteiger partial charge is 0.493 e. The zero-order chi connectivity index (χ0) is 17.7. The minimum Gasteiger partial charge on any atom is -0.493 e. The van der Waals surface area contributed by atoms with Crippen molar-refractivity contribution in [3.63, 3.8) is 0 Å². The van der Waals surface area contributed by atoms with Gasteiger partial charge in [0, 0.05) is 11.3 Å². The van der Waals surface area contributed by atoms with Crippen LogP contribution in [0.1, 0.15) is 32.4 Å². The highest BCUT2D eigenvalue weighted by Gasteiger charge is 2.33. The molecule has 0 radical (unpaired) electrons. The third-order valence-electron chi connectivity index (χ3n) is 3.59. The number of carbonyl (C=O) groups is 1. The molecule has 0 saturated carbocycles. The van der Waals surface area contributed by atoms with Gasteiger partial charge in [0.25, 0.3) is 0 Å². The Labute approximate surface area is 147 Å². The van der Waals surface area contributed by atoms with Crippen molar-refractivity contribution in [1.82, 2.24) is 10.6 Å². The molecule has 1 heterocycles. The summed E-state index contributed by atoms with van der Waals surface area (Å²) in [7, 11) is 1.58. The monoisotopic (exact) mass is 350 g/mol. The lowest BCUT2D eigenvalue weighted by Crippen LogP contribution is -2.45. The Morgan fingerprint density at radius 1 is 1.29 bits per heavy atom. The van der Waals surface area contributed by atoms with Crippen LogP contribution in [0, 0.1) is 0 Å². The van der Waals surface area contributed by atoms with E-state index >= 15 is 0 Å². The van der Waals surface area contributed by atoms with Crippen LogP contribution in [-0.2, 0) is 9.53 Å². The maximum atomic E-state index is 12.4. The summed E-state index contributed by atoms with van der Waals surface area (Å²) in [6.45, 7) is 6.23. The molecule has 0 spiro atoms. The molecule has 1 aromatic carbocycles. The van der Waals surface area contributed by atoms with E-state index in [0.717, 1.165) is 5.56 Å². The molecular weight excluding hydrogens is 328 g/mol. The summed E-state index contributed by atoms with van der Waals surface area (Å²) >= 11 is 5.25. The smallest absolute Gasteiger partial charge is 0.338 e. The molecule has 24 heavy (non-hydrogen) atoms. The lowest BCUT2D eigenvalue weighted by atomic mass is 9.94. The summed E-state index contributed by atoms with van der Waals surface area (Å²) in [6, 6.07) is 5.07. The number of methoxy groups -OCH3 is 1. The van der Waals surface area contributed by atoms with Gasteiger partial charge in [0.1, 0.15) is 0 Å². The van der Waals surface area contributed by atoms with E-state index in [2.05, 4.69) is 10.6 Å². The SMILES string of the molecule is CCOC(=O)C1=C(C)NC(=S)N[C@@H]1c1cccc(OC)c1OCC. The van der Waals surface area contributed by atoms with Crippen LogP contribution in [0.25, 0.3) is 0 Å². The van der Waals surface area contributed by atoms with E-state index in [-0.39, 0.29) is 0 Å². The van der Waals surface area contributed by atoms with Gasteiger partial charge >= 0.3 is 5.97 Å². The summed E-state index contributed by atoms with van der Waals surface area (Å²) in [5, 5.41) is 6.54. The molecule has 0 bridgehead atoms. The number of allylic oxidation sites excluding steroid dienone is 1. The molecule has 0 saturated heterocycles. The maximum Gasteiger partial charge on any atom is 0.338 e. The van der Waals surface area contributed by atoms with E-state index in [1.165, 1.54) is 0 Å². The van der Waals surface area contributed by atoms with Gasteiger partial charge < -0.3 is 24.8 Å². The zero-order valence-electron chi connectivity index (χ0n) is 14.3. The van der Waals surface area contributed by atoms with Crippen molar-refractivity contribution in [2.75, 3.05) is 20.3 Å². The van der Waals surface area contributed by atoms with E-state index in [1.54, 1.807) is 21.0 Å². The Bertz CT molecular complexity index is 673. The molecule has 130 valence electrons. The molecule has 2 N–H and O–H groups in total. The van der Waals surface area contributed by atoms with E-state index < -0.39 is 12.0 Å². The first kappa shape index (κ1) is 18.1. The lowest BCUT2D eigenvalue weighted by molar-refractivity contribution is -0.139. The molecule has 0 aliphatic carbocycles. The second-order valence-electron chi connectivity index (χ2n) is 5.10. The quantitative estimate of drug-likeness (QED) is 0.603. The average molecular weight is 350 g/mol. The van der Waals surface area contributed by atoms with Gasteiger partial charge in [-0.2, -0.15) is 0 Å². The molecule has 7 heteroatoms. The molecule has 0 amide bonds. The van der Waals surface area contributed by atoms with Gasteiger partial charge in [0.2, 0.25) is 0 Å². The second kappa shape index (κ2) is 8.01. The summed E-state index contributed by atoms with van der Waals surface area (Å²) in [5.41, 5.74) is 1.90. The van der Waals surface area contributed by atoms with Crippen molar-refractivity contribution in [3.8, 4) is 11.5 Å². The third kappa shape index (κ3) is 3.62. The predicted octanol–water partition coefficient (Wildman–Crippen LogP) is 2.45. The minimum atomic E-state index is -0.477. The number of esters is 1. The van der Waals surface area contributed by atoms with E-state index in [9.17, 15) is 4.79 Å². The molecule has 1 atom stereocenters. The number of hydrogen-bond donors (Lipinski definition) is 2. The van der Waals surface area contributed by atoms with E-state index in [1.807, 2.05) is 25.1 Å². The van der Waals surface area contributed by atoms with E-state index in [0.29, 0.717) is 41.1 Å². The molecule has 6 nitrogen and oxygen atoms in total. The van der Waals surface area contributed by atoms with Gasteiger partial charge in [-0.15, -0.1) is 0 Å². The molecule has 1 aromatic rings. The fraction of sp³-hybridized carbons (Fsp3) is 0.412. The van der Waals surface area contributed by atoms with Gasteiger partial charge in [-0.1, -0.05) is 12.1 Å². The Balaban J connectivity index is 2.57. The Morgan fingerprint density at radius 3 is 2.67 bits per heavy atom. The first-order valence-corrected chi connectivity index (χ1v) is 8.19. The second-order valence-corrected chi connectivity index (χ2v) is 5.51. The van der Waals surface area contributed by atoms with E-state index in [4.69, 9.17) is 26.4 Å². The van der Waals surface area contributed by atoms with Crippen molar-refractivity contribution in [2.45, 2.75) is 26.8 Å². The number of benzene rings is 1. The Hall–Kier alpha value is -2.28. The Kier molecular flexibility index (Phi) is 6.03. The summed E-state index contributed by atoms with van der Waals surface area (Å²) in [5.74, 6) is 0.786. The highest BCUT2D eigenvalue weighted by atomic mass is 32.1. The van der Waals surface area contributed by atoms with Crippen molar-refractivity contribution in [3.05, 3.63) is 35.0 Å². The minimum absolute atomic E-state index is 0.295. The Morgan fingerprint density at radius 2 is 2.04 bits per heavy atom. The normalized spacial score (nSPS) is 17.0. The van der Waals surface area contributed by atoms with Crippen molar-refractivity contribution >= 4 is 23.3 Å². The molecule has 1 aliphatic rings. The zero-order valence-corrected chi connectivity index (χ0v) is 15.1. The average Bonchev–Trinajstić information content (AvgIpc) is 2.54. The molecule has 2 rings (SSSR count). The third-order valence-corrected chi connectivity index (χ3v) is 3.81. The van der Waals surface area contributed by atoms with Gasteiger partial charge in [-0.3, -0.25) is 0 Å². The number of thiocarbonyl (C=S) groups is 1. The first-order chi connectivity index (χ1) is 11.5. The van der Waals surface area contributed by atoms with Gasteiger partial charge in [-0.05, 0) is 39.1 Å². The fourth-order valence-electron chi connectivity index (χ4n) is 2.63.